The molecule has 2 N–H and O–H groups in total. The Hall–Kier alpha value is -0.570. The highest BCUT2D eigenvalue weighted by Gasteiger charge is 2.26. The lowest BCUT2D eigenvalue weighted by molar-refractivity contribution is -0.136. The lowest BCUT2D eigenvalue weighted by Gasteiger charge is -2.34. The molecule has 0 aliphatic carbocycles. The van der Waals surface area contributed by atoms with Crippen LogP contribution in [-0.4, -0.2) is 24.2 Å². The first-order valence-corrected chi connectivity index (χ1v) is 7.01. The maximum absolute atomic E-state index is 10.5. The monoisotopic (exact) mass is 257 g/mol. The van der Waals surface area contributed by atoms with E-state index in [0.717, 1.165) is 13.0 Å². The molecule has 1 atom stereocenters. The predicted octanol–water partition coefficient (Wildman–Crippen LogP) is 3.54. The molecule has 0 amide bonds. The largest absolute Gasteiger partial charge is 0.480 e. The maximum atomic E-state index is 10.5. The zero-order chi connectivity index (χ0) is 14.4. The van der Waals surface area contributed by atoms with Gasteiger partial charge in [-0.25, -0.2) is 0 Å². The lowest BCUT2D eigenvalue weighted by atomic mass is 9.74. The van der Waals surface area contributed by atoms with E-state index in [9.17, 15) is 4.79 Å². The van der Waals surface area contributed by atoms with Crippen LogP contribution in [0.4, 0.5) is 0 Å². The minimum absolute atomic E-state index is 0.0593. The molecule has 0 aromatic rings. The minimum atomic E-state index is -0.781. The summed E-state index contributed by atoms with van der Waals surface area (Å²) < 4.78 is 0. The molecule has 108 valence electrons. The van der Waals surface area contributed by atoms with Gasteiger partial charge in [0.1, 0.15) is 0 Å². The number of hydrogen-bond acceptors (Lipinski definition) is 2. The van der Waals surface area contributed by atoms with E-state index >= 15 is 0 Å². The predicted molar refractivity (Wildman–Crippen MR) is 76.8 cm³/mol. The second kappa shape index (κ2) is 7.13. The molecule has 0 saturated carbocycles. The summed E-state index contributed by atoms with van der Waals surface area (Å²) in [5.41, 5.74) is 0.603. The van der Waals surface area contributed by atoms with Crippen molar-refractivity contribution in [1.82, 2.24) is 5.32 Å². The molecular weight excluding hydrogens is 226 g/mol. The van der Waals surface area contributed by atoms with Crippen LogP contribution in [0.2, 0.25) is 0 Å². The van der Waals surface area contributed by atoms with E-state index in [-0.39, 0.29) is 12.0 Å². The van der Waals surface area contributed by atoms with Crippen molar-refractivity contribution in [3.63, 3.8) is 0 Å². The zero-order valence-electron chi connectivity index (χ0n) is 13.0. The van der Waals surface area contributed by atoms with E-state index in [1.807, 2.05) is 0 Å². The van der Waals surface area contributed by atoms with E-state index in [1.54, 1.807) is 0 Å². The average molecular weight is 257 g/mol. The Bertz CT molecular complexity index is 254. The number of carbonyl (C=O) groups is 1. The second-order valence-electron chi connectivity index (χ2n) is 7.14. The molecule has 18 heavy (non-hydrogen) atoms. The van der Waals surface area contributed by atoms with Gasteiger partial charge in [0.15, 0.2) is 0 Å². The zero-order valence-corrected chi connectivity index (χ0v) is 13.0. The number of carboxylic acids is 1. The SMILES string of the molecule is CCC(C)(C)CCC(CNCC(=O)O)C(C)(C)C. The first-order valence-electron chi connectivity index (χ1n) is 7.01. The summed E-state index contributed by atoms with van der Waals surface area (Å²) in [6.45, 7) is 14.4. The van der Waals surface area contributed by atoms with Crippen LogP contribution in [0, 0.1) is 16.7 Å². The fourth-order valence-electron chi connectivity index (χ4n) is 1.94. The Labute approximate surface area is 112 Å². The molecule has 0 aliphatic rings. The third-order valence-electron chi connectivity index (χ3n) is 4.02. The molecule has 0 fully saturated rings. The summed E-state index contributed by atoms with van der Waals surface area (Å²) in [5, 5.41) is 11.7. The van der Waals surface area contributed by atoms with E-state index in [2.05, 4.69) is 46.9 Å². The van der Waals surface area contributed by atoms with E-state index in [4.69, 9.17) is 5.11 Å². The van der Waals surface area contributed by atoms with Crippen LogP contribution >= 0.6 is 0 Å². The molecule has 0 saturated heterocycles. The summed E-state index contributed by atoms with van der Waals surface area (Å²) in [6, 6.07) is 0. The van der Waals surface area contributed by atoms with Gasteiger partial charge in [-0.2, -0.15) is 0 Å². The van der Waals surface area contributed by atoms with Crippen molar-refractivity contribution >= 4 is 5.97 Å². The second-order valence-corrected chi connectivity index (χ2v) is 7.14. The first-order chi connectivity index (χ1) is 8.08. The van der Waals surface area contributed by atoms with Crippen molar-refractivity contribution < 1.29 is 9.90 Å². The average Bonchev–Trinajstić information content (AvgIpc) is 2.20. The molecule has 0 bridgehead atoms. The maximum Gasteiger partial charge on any atom is 0.317 e. The lowest BCUT2D eigenvalue weighted by Crippen LogP contribution is -2.35. The summed E-state index contributed by atoms with van der Waals surface area (Å²) in [4.78, 5) is 10.5. The number of hydrogen-bond donors (Lipinski definition) is 2. The Kier molecular flexibility index (Phi) is 6.90. The fraction of sp³-hybridized carbons (Fsp3) is 0.933. The molecule has 0 spiro atoms. The molecule has 0 aromatic heterocycles. The van der Waals surface area contributed by atoms with Gasteiger partial charge < -0.3 is 10.4 Å². The van der Waals surface area contributed by atoms with Gasteiger partial charge in [0.25, 0.3) is 0 Å². The molecule has 0 rings (SSSR count). The van der Waals surface area contributed by atoms with Crippen LogP contribution in [0.3, 0.4) is 0 Å². The summed E-state index contributed by atoms with van der Waals surface area (Å²) in [7, 11) is 0. The molecule has 0 radical (unpaired) electrons. The van der Waals surface area contributed by atoms with Crippen LogP contribution in [0.5, 0.6) is 0 Å². The van der Waals surface area contributed by atoms with Gasteiger partial charge in [-0.15, -0.1) is 0 Å². The Balaban J connectivity index is 4.29. The van der Waals surface area contributed by atoms with Crippen LogP contribution in [-0.2, 0) is 4.79 Å². The Morgan fingerprint density at radius 3 is 2.17 bits per heavy atom. The molecule has 0 aromatic carbocycles. The van der Waals surface area contributed by atoms with Crippen LogP contribution in [0.1, 0.15) is 60.8 Å². The number of nitrogens with one attached hydrogen (secondary N) is 1. The van der Waals surface area contributed by atoms with Gasteiger partial charge in [-0.3, -0.25) is 4.79 Å². The van der Waals surface area contributed by atoms with Gasteiger partial charge in [0.05, 0.1) is 6.54 Å². The molecular formula is C15H31NO2. The third kappa shape index (κ3) is 7.70. The van der Waals surface area contributed by atoms with Gasteiger partial charge in [0, 0.05) is 0 Å². The minimum Gasteiger partial charge on any atom is -0.480 e. The summed E-state index contributed by atoms with van der Waals surface area (Å²) >= 11 is 0. The van der Waals surface area contributed by atoms with Crippen LogP contribution < -0.4 is 5.32 Å². The standard InChI is InChI=1S/C15H31NO2/c1-7-15(5,6)9-8-12(14(2,3)4)10-16-11-13(17)18/h12,16H,7-11H2,1-6H3,(H,17,18). The van der Waals surface area contributed by atoms with Crippen molar-refractivity contribution in [2.45, 2.75) is 60.8 Å². The Morgan fingerprint density at radius 1 is 1.22 bits per heavy atom. The van der Waals surface area contributed by atoms with Crippen molar-refractivity contribution in [2.75, 3.05) is 13.1 Å². The number of rotatable bonds is 8. The first kappa shape index (κ1) is 17.4. The number of aliphatic carboxylic acids is 1. The van der Waals surface area contributed by atoms with E-state index < -0.39 is 5.97 Å². The highest BCUT2D eigenvalue weighted by Crippen LogP contribution is 2.34. The van der Waals surface area contributed by atoms with Gasteiger partial charge in [-0.1, -0.05) is 48.0 Å². The quantitative estimate of drug-likeness (QED) is 0.699. The molecule has 1 unspecified atom stereocenters. The van der Waals surface area contributed by atoms with Crippen LogP contribution in [0.15, 0.2) is 0 Å². The molecule has 3 nitrogen and oxygen atoms in total. The van der Waals surface area contributed by atoms with Crippen molar-refractivity contribution in [3.8, 4) is 0 Å². The molecule has 3 heteroatoms. The van der Waals surface area contributed by atoms with E-state index in [1.165, 1.54) is 12.8 Å². The smallest absolute Gasteiger partial charge is 0.317 e. The van der Waals surface area contributed by atoms with Gasteiger partial charge in [0.2, 0.25) is 0 Å². The summed E-state index contributed by atoms with van der Waals surface area (Å²) in [5.74, 6) is -0.265. The highest BCUT2D eigenvalue weighted by atomic mass is 16.4. The van der Waals surface area contributed by atoms with Crippen molar-refractivity contribution in [3.05, 3.63) is 0 Å². The van der Waals surface area contributed by atoms with Crippen LogP contribution in [0.25, 0.3) is 0 Å². The Morgan fingerprint density at radius 2 is 1.78 bits per heavy atom. The number of carboxylic acid groups (broad SMARTS) is 1. The van der Waals surface area contributed by atoms with Gasteiger partial charge in [-0.05, 0) is 36.1 Å². The normalized spacial score (nSPS) is 14.6. The van der Waals surface area contributed by atoms with Crippen molar-refractivity contribution in [1.29, 1.82) is 0 Å². The van der Waals surface area contributed by atoms with E-state index in [0.29, 0.717) is 11.3 Å². The topological polar surface area (TPSA) is 49.3 Å². The van der Waals surface area contributed by atoms with Gasteiger partial charge >= 0.3 is 5.97 Å². The highest BCUT2D eigenvalue weighted by molar-refractivity contribution is 5.68. The molecule has 0 heterocycles. The third-order valence-corrected chi connectivity index (χ3v) is 4.02. The fourth-order valence-corrected chi connectivity index (χ4v) is 1.94. The molecule has 0 aliphatic heterocycles. The van der Waals surface area contributed by atoms with Crippen molar-refractivity contribution in [2.24, 2.45) is 16.7 Å². The summed E-state index contributed by atoms with van der Waals surface area (Å²) in [6.07, 6.45) is 3.53.